The predicted octanol–water partition coefficient (Wildman–Crippen LogP) is 4.05. The van der Waals surface area contributed by atoms with Crippen LogP contribution in [-0.4, -0.2) is 11.0 Å². The summed E-state index contributed by atoms with van der Waals surface area (Å²) < 4.78 is 0. The molecule has 1 aromatic heterocycles. The molecular formula is C17H23N3. The lowest BCUT2D eigenvalue weighted by Crippen LogP contribution is -2.30. The number of nitrogens with two attached hydrogens (primary N) is 1. The minimum atomic E-state index is 0.533. The second-order valence-electron chi connectivity index (χ2n) is 6.36. The van der Waals surface area contributed by atoms with Crippen molar-refractivity contribution >= 4 is 22.3 Å². The summed E-state index contributed by atoms with van der Waals surface area (Å²) in [5.74, 6) is 1.58. The van der Waals surface area contributed by atoms with E-state index < -0.39 is 0 Å². The fourth-order valence-electron chi connectivity index (χ4n) is 3.59. The Morgan fingerprint density at radius 1 is 1.10 bits per heavy atom. The van der Waals surface area contributed by atoms with Crippen molar-refractivity contribution in [1.82, 2.24) is 4.98 Å². The number of aromatic nitrogens is 1. The van der Waals surface area contributed by atoms with Crippen molar-refractivity contribution in [1.29, 1.82) is 0 Å². The van der Waals surface area contributed by atoms with Crippen molar-refractivity contribution in [2.45, 2.75) is 39.2 Å². The number of anilines is 2. The quantitative estimate of drug-likeness (QED) is 0.808. The molecule has 3 nitrogen and oxygen atoms in total. The van der Waals surface area contributed by atoms with Crippen molar-refractivity contribution in [3.05, 3.63) is 30.5 Å². The molecule has 0 spiro atoms. The van der Waals surface area contributed by atoms with Crippen LogP contribution in [0, 0.1) is 11.8 Å². The van der Waals surface area contributed by atoms with E-state index in [9.17, 15) is 0 Å². The van der Waals surface area contributed by atoms with E-state index in [0.29, 0.717) is 6.04 Å². The Bertz CT molecular complexity index is 598. The minimum absolute atomic E-state index is 0.533. The lowest BCUT2D eigenvalue weighted by molar-refractivity contribution is 0.281. The molecule has 2 aromatic rings. The molecule has 1 aliphatic rings. The Labute approximate surface area is 120 Å². The van der Waals surface area contributed by atoms with Crippen LogP contribution in [0.15, 0.2) is 30.5 Å². The molecule has 0 bridgehead atoms. The standard InChI is InChI=1S/C17H23N3/c1-11-8-12(2)10-13(9-11)20-16-6-5-15-14(17(16)18)4-3-7-19-15/h3-7,11-13,20H,8-10,18H2,1-2H3. The van der Waals surface area contributed by atoms with Gasteiger partial charge in [-0.1, -0.05) is 13.8 Å². The van der Waals surface area contributed by atoms with Gasteiger partial charge in [-0.15, -0.1) is 0 Å². The maximum absolute atomic E-state index is 6.30. The van der Waals surface area contributed by atoms with E-state index in [4.69, 9.17) is 5.73 Å². The van der Waals surface area contributed by atoms with Gasteiger partial charge in [0.25, 0.3) is 0 Å². The predicted molar refractivity (Wildman–Crippen MR) is 85.7 cm³/mol. The first-order chi connectivity index (χ1) is 9.63. The fraction of sp³-hybridized carbons (Fsp3) is 0.471. The monoisotopic (exact) mass is 269 g/mol. The van der Waals surface area contributed by atoms with Crippen LogP contribution in [0.3, 0.4) is 0 Å². The highest BCUT2D eigenvalue weighted by Crippen LogP contribution is 2.33. The van der Waals surface area contributed by atoms with Crippen LogP contribution in [0.25, 0.3) is 10.9 Å². The summed E-state index contributed by atoms with van der Waals surface area (Å²) in [6.07, 6.45) is 5.61. The molecule has 2 atom stereocenters. The maximum Gasteiger partial charge on any atom is 0.0724 e. The van der Waals surface area contributed by atoms with E-state index in [-0.39, 0.29) is 0 Å². The van der Waals surface area contributed by atoms with Crippen LogP contribution in [0.1, 0.15) is 33.1 Å². The summed E-state index contributed by atoms with van der Waals surface area (Å²) in [7, 11) is 0. The zero-order chi connectivity index (χ0) is 14.1. The summed E-state index contributed by atoms with van der Waals surface area (Å²) >= 11 is 0. The maximum atomic E-state index is 6.30. The molecule has 0 radical (unpaired) electrons. The summed E-state index contributed by atoms with van der Waals surface area (Å²) in [6, 6.07) is 8.62. The largest absolute Gasteiger partial charge is 0.397 e. The average Bonchev–Trinajstić information content (AvgIpc) is 2.41. The van der Waals surface area contributed by atoms with Gasteiger partial charge in [-0.3, -0.25) is 4.98 Å². The summed E-state index contributed by atoms with van der Waals surface area (Å²) in [4.78, 5) is 4.35. The van der Waals surface area contributed by atoms with E-state index in [1.54, 1.807) is 6.20 Å². The molecule has 1 heterocycles. The zero-order valence-electron chi connectivity index (χ0n) is 12.3. The van der Waals surface area contributed by atoms with Gasteiger partial charge in [-0.25, -0.2) is 0 Å². The number of benzene rings is 1. The van der Waals surface area contributed by atoms with E-state index >= 15 is 0 Å². The molecule has 3 heteroatoms. The molecule has 3 N–H and O–H groups in total. The molecular weight excluding hydrogens is 246 g/mol. The highest BCUT2D eigenvalue weighted by atomic mass is 14.9. The lowest BCUT2D eigenvalue weighted by Gasteiger charge is -2.33. The third-order valence-electron chi connectivity index (χ3n) is 4.36. The Morgan fingerprint density at radius 3 is 2.60 bits per heavy atom. The topological polar surface area (TPSA) is 50.9 Å². The molecule has 0 aliphatic heterocycles. The second kappa shape index (κ2) is 5.31. The van der Waals surface area contributed by atoms with Gasteiger partial charge in [0.15, 0.2) is 0 Å². The second-order valence-corrected chi connectivity index (χ2v) is 6.36. The number of nitrogen functional groups attached to an aromatic ring is 1. The molecule has 1 aliphatic carbocycles. The first kappa shape index (κ1) is 13.2. The molecule has 1 saturated carbocycles. The lowest BCUT2D eigenvalue weighted by atomic mass is 9.80. The molecule has 1 aromatic carbocycles. The zero-order valence-corrected chi connectivity index (χ0v) is 12.3. The van der Waals surface area contributed by atoms with Crippen molar-refractivity contribution in [2.75, 3.05) is 11.1 Å². The minimum Gasteiger partial charge on any atom is -0.397 e. The molecule has 0 amide bonds. The van der Waals surface area contributed by atoms with Gasteiger partial charge in [0.1, 0.15) is 0 Å². The van der Waals surface area contributed by atoms with E-state index in [2.05, 4.69) is 30.2 Å². The van der Waals surface area contributed by atoms with Crippen LogP contribution in [0.5, 0.6) is 0 Å². The number of nitrogens with one attached hydrogen (secondary N) is 1. The van der Waals surface area contributed by atoms with Crippen molar-refractivity contribution < 1.29 is 0 Å². The van der Waals surface area contributed by atoms with Gasteiger partial charge in [-0.05, 0) is 55.4 Å². The molecule has 106 valence electrons. The number of hydrogen-bond donors (Lipinski definition) is 2. The molecule has 1 fully saturated rings. The van der Waals surface area contributed by atoms with Crippen LogP contribution < -0.4 is 11.1 Å². The number of fused-ring (bicyclic) bond motifs is 1. The molecule has 0 saturated heterocycles. The van der Waals surface area contributed by atoms with Crippen molar-refractivity contribution in [2.24, 2.45) is 11.8 Å². The Balaban J connectivity index is 1.85. The summed E-state index contributed by atoms with van der Waals surface area (Å²) in [6.45, 7) is 4.69. The Kier molecular flexibility index (Phi) is 3.51. The van der Waals surface area contributed by atoms with Crippen LogP contribution in [0.2, 0.25) is 0 Å². The Hall–Kier alpha value is -1.77. The van der Waals surface area contributed by atoms with Crippen LogP contribution in [-0.2, 0) is 0 Å². The van der Waals surface area contributed by atoms with Crippen LogP contribution >= 0.6 is 0 Å². The molecule has 20 heavy (non-hydrogen) atoms. The third kappa shape index (κ3) is 2.58. The average molecular weight is 269 g/mol. The van der Waals surface area contributed by atoms with E-state index in [1.165, 1.54) is 19.3 Å². The summed E-state index contributed by atoms with van der Waals surface area (Å²) in [5, 5.41) is 4.69. The smallest absolute Gasteiger partial charge is 0.0724 e. The fourth-order valence-corrected chi connectivity index (χ4v) is 3.59. The van der Waals surface area contributed by atoms with E-state index in [0.717, 1.165) is 34.1 Å². The van der Waals surface area contributed by atoms with Crippen molar-refractivity contribution in [3.8, 4) is 0 Å². The first-order valence-corrected chi connectivity index (χ1v) is 7.53. The molecule has 2 unspecified atom stereocenters. The number of hydrogen-bond acceptors (Lipinski definition) is 3. The summed E-state index contributed by atoms with van der Waals surface area (Å²) in [5.41, 5.74) is 9.14. The van der Waals surface area contributed by atoms with Gasteiger partial charge < -0.3 is 11.1 Å². The van der Waals surface area contributed by atoms with Gasteiger partial charge in [0.2, 0.25) is 0 Å². The number of nitrogens with zero attached hydrogens (tertiary/aromatic N) is 1. The van der Waals surface area contributed by atoms with Gasteiger partial charge in [0, 0.05) is 17.6 Å². The molecule has 3 rings (SSSR count). The van der Waals surface area contributed by atoms with Gasteiger partial charge in [-0.2, -0.15) is 0 Å². The SMILES string of the molecule is CC1CC(C)CC(Nc2ccc3ncccc3c2N)C1. The van der Waals surface area contributed by atoms with Gasteiger partial charge in [0.05, 0.1) is 16.9 Å². The first-order valence-electron chi connectivity index (χ1n) is 7.53. The third-order valence-corrected chi connectivity index (χ3v) is 4.36. The number of rotatable bonds is 2. The van der Waals surface area contributed by atoms with Crippen molar-refractivity contribution in [3.63, 3.8) is 0 Å². The highest BCUT2D eigenvalue weighted by Gasteiger charge is 2.24. The van der Waals surface area contributed by atoms with Gasteiger partial charge >= 0.3 is 0 Å². The van der Waals surface area contributed by atoms with E-state index in [1.807, 2.05) is 18.2 Å². The Morgan fingerprint density at radius 2 is 1.85 bits per heavy atom. The highest BCUT2D eigenvalue weighted by molar-refractivity contribution is 5.96. The normalized spacial score (nSPS) is 26.6. The van der Waals surface area contributed by atoms with Crippen LogP contribution in [0.4, 0.5) is 11.4 Å². The number of pyridine rings is 1.